The summed E-state index contributed by atoms with van der Waals surface area (Å²) in [7, 11) is 0. The van der Waals surface area contributed by atoms with Gasteiger partial charge in [0, 0.05) is 11.4 Å². The van der Waals surface area contributed by atoms with Crippen LogP contribution in [0.25, 0.3) is 6.08 Å². The van der Waals surface area contributed by atoms with E-state index < -0.39 is 0 Å². The van der Waals surface area contributed by atoms with E-state index in [9.17, 15) is 4.79 Å². The fraction of sp³-hybridized carbons (Fsp3) is 0.0588. The van der Waals surface area contributed by atoms with Crippen LogP contribution < -0.4 is 0 Å². The number of amidine groups is 1. The molecular weight excluding hydrogens is 383 g/mol. The molecule has 3 nitrogen and oxygen atoms in total. The van der Waals surface area contributed by atoms with Crippen LogP contribution in [0.3, 0.4) is 0 Å². The standard InChI is InChI=1S/C17H12Cl2N2OS2/c1-2-7-21-16(22)15(10-12-4-3-8-23-12)24-17(21)20-11-5-6-13(18)14(19)9-11/h2-6,8-10H,1,7H2/b15-10-,20-17?. The minimum Gasteiger partial charge on any atom is -0.283 e. The summed E-state index contributed by atoms with van der Waals surface area (Å²) in [5, 5.41) is 3.47. The van der Waals surface area contributed by atoms with E-state index in [4.69, 9.17) is 23.2 Å². The highest BCUT2D eigenvalue weighted by Gasteiger charge is 2.32. The van der Waals surface area contributed by atoms with Crippen molar-refractivity contribution in [2.24, 2.45) is 4.99 Å². The summed E-state index contributed by atoms with van der Waals surface area (Å²) in [6, 6.07) is 9.05. The fourth-order valence-electron chi connectivity index (χ4n) is 2.05. The number of amides is 1. The van der Waals surface area contributed by atoms with Gasteiger partial charge in [0.1, 0.15) is 0 Å². The molecule has 3 rings (SSSR count). The van der Waals surface area contributed by atoms with Crippen LogP contribution in [0.1, 0.15) is 4.88 Å². The number of carbonyl (C=O) groups is 1. The van der Waals surface area contributed by atoms with Crippen LogP contribution in [-0.4, -0.2) is 22.5 Å². The summed E-state index contributed by atoms with van der Waals surface area (Å²) < 4.78 is 0. The second-order valence-electron chi connectivity index (χ2n) is 4.82. The Bertz CT molecular complexity index is 844. The van der Waals surface area contributed by atoms with Gasteiger partial charge in [-0.2, -0.15) is 0 Å². The first-order chi connectivity index (χ1) is 11.6. The molecule has 1 aromatic carbocycles. The molecule has 0 aliphatic carbocycles. The molecule has 1 aliphatic rings. The Morgan fingerprint density at radius 3 is 2.75 bits per heavy atom. The Hall–Kier alpha value is -1.53. The van der Waals surface area contributed by atoms with E-state index in [1.54, 1.807) is 40.5 Å². The fourth-order valence-corrected chi connectivity index (χ4v) is 4.07. The molecular formula is C17H12Cl2N2OS2. The second-order valence-corrected chi connectivity index (χ2v) is 7.63. The summed E-state index contributed by atoms with van der Waals surface area (Å²) in [5.74, 6) is -0.0767. The van der Waals surface area contributed by atoms with Crippen LogP contribution in [0.4, 0.5) is 5.69 Å². The normalized spacial score (nSPS) is 17.9. The lowest BCUT2D eigenvalue weighted by Crippen LogP contribution is -2.29. The van der Waals surface area contributed by atoms with Gasteiger partial charge < -0.3 is 0 Å². The van der Waals surface area contributed by atoms with Gasteiger partial charge in [0.25, 0.3) is 5.91 Å². The predicted octanol–water partition coefficient (Wildman–Crippen LogP) is 5.84. The SMILES string of the molecule is C=CCN1C(=O)/C(=C/c2cccs2)SC1=Nc1ccc(Cl)c(Cl)c1. The Morgan fingerprint density at radius 2 is 2.08 bits per heavy atom. The molecule has 1 aliphatic heterocycles. The van der Waals surface area contributed by atoms with Crippen molar-refractivity contribution in [2.45, 2.75) is 0 Å². The molecule has 1 fully saturated rings. The van der Waals surface area contributed by atoms with Crippen molar-refractivity contribution in [1.82, 2.24) is 4.90 Å². The number of thiophene rings is 1. The van der Waals surface area contributed by atoms with Gasteiger partial charge in [0.05, 0.1) is 20.6 Å². The largest absolute Gasteiger partial charge is 0.283 e. The van der Waals surface area contributed by atoms with Crippen LogP contribution >= 0.6 is 46.3 Å². The lowest BCUT2D eigenvalue weighted by atomic mass is 10.3. The molecule has 0 saturated carbocycles. The first-order valence-electron chi connectivity index (χ1n) is 6.98. The van der Waals surface area contributed by atoms with Crippen molar-refractivity contribution in [2.75, 3.05) is 6.54 Å². The van der Waals surface area contributed by atoms with Gasteiger partial charge in [-0.15, -0.1) is 17.9 Å². The van der Waals surface area contributed by atoms with Gasteiger partial charge in [-0.1, -0.05) is 35.3 Å². The van der Waals surface area contributed by atoms with Crippen LogP contribution in [0, 0.1) is 0 Å². The van der Waals surface area contributed by atoms with Crippen molar-refractivity contribution < 1.29 is 4.79 Å². The summed E-state index contributed by atoms with van der Waals surface area (Å²) >= 11 is 14.9. The van der Waals surface area contributed by atoms with E-state index in [2.05, 4.69) is 11.6 Å². The number of halogens is 2. The van der Waals surface area contributed by atoms with E-state index in [1.165, 1.54) is 11.8 Å². The summed E-state index contributed by atoms with van der Waals surface area (Å²) in [5.41, 5.74) is 0.645. The van der Waals surface area contributed by atoms with Gasteiger partial charge in [-0.25, -0.2) is 4.99 Å². The molecule has 0 N–H and O–H groups in total. The van der Waals surface area contributed by atoms with Crippen LogP contribution in [0.2, 0.25) is 10.0 Å². The maximum atomic E-state index is 12.6. The maximum absolute atomic E-state index is 12.6. The highest BCUT2D eigenvalue weighted by molar-refractivity contribution is 8.18. The third kappa shape index (κ3) is 3.75. The van der Waals surface area contributed by atoms with Gasteiger partial charge in [0.2, 0.25) is 0 Å². The van der Waals surface area contributed by atoms with Gasteiger partial charge in [0.15, 0.2) is 5.17 Å². The molecule has 1 aromatic heterocycles. The first kappa shape index (κ1) is 17.3. The molecule has 7 heteroatoms. The number of benzene rings is 1. The number of hydrogen-bond acceptors (Lipinski definition) is 4. The first-order valence-corrected chi connectivity index (χ1v) is 9.43. The topological polar surface area (TPSA) is 32.7 Å². The average molecular weight is 395 g/mol. The number of carbonyl (C=O) groups excluding carboxylic acids is 1. The third-order valence-corrected chi connectivity index (χ3v) is 5.71. The van der Waals surface area contributed by atoms with Gasteiger partial charge in [-0.05, 0) is 47.5 Å². The molecule has 2 aromatic rings. The van der Waals surface area contributed by atoms with Crippen LogP contribution in [0.15, 0.2) is 58.3 Å². The van der Waals surface area contributed by atoms with Crippen molar-refractivity contribution in [3.05, 3.63) is 68.2 Å². The monoisotopic (exact) mass is 394 g/mol. The summed E-state index contributed by atoms with van der Waals surface area (Å²) in [6.45, 7) is 4.11. The average Bonchev–Trinajstić information content (AvgIpc) is 3.16. The van der Waals surface area contributed by atoms with Crippen molar-refractivity contribution >= 4 is 69.1 Å². The Labute approximate surface area is 158 Å². The quantitative estimate of drug-likeness (QED) is 0.481. The van der Waals surface area contributed by atoms with Crippen LogP contribution in [-0.2, 0) is 4.79 Å². The third-order valence-electron chi connectivity index (χ3n) is 3.14. The van der Waals surface area contributed by atoms with E-state index in [0.29, 0.717) is 32.4 Å². The number of aliphatic imine (C=N–C) groups is 1. The van der Waals surface area contributed by atoms with Crippen molar-refractivity contribution in [3.63, 3.8) is 0 Å². The Balaban J connectivity index is 1.96. The molecule has 0 spiro atoms. The maximum Gasteiger partial charge on any atom is 0.267 e. The van der Waals surface area contributed by atoms with E-state index in [-0.39, 0.29) is 5.91 Å². The summed E-state index contributed by atoms with van der Waals surface area (Å²) in [4.78, 5) is 20.4. The molecule has 0 bridgehead atoms. The van der Waals surface area contributed by atoms with E-state index in [1.807, 2.05) is 23.6 Å². The zero-order chi connectivity index (χ0) is 17.1. The number of thioether (sulfide) groups is 1. The van der Waals surface area contributed by atoms with E-state index in [0.717, 1.165) is 4.88 Å². The van der Waals surface area contributed by atoms with Crippen molar-refractivity contribution in [1.29, 1.82) is 0 Å². The van der Waals surface area contributed by atoms with Crippen molar-refractivity contribution in [3.8, 4) is 0 Å². The zero-order valence-electron chi connectivity index (χ0n) is 12.4. The zero-order valence-corrected chi connectivity index (χ0v) is 15.6. The number of hydrogen-bond donors (Lipinski definition) is 0. The molecule has 1 amide bonds. The molecule has 24 heavy (non-hydrogen) atoms. The predicted molar refractivity (Wildman–Crippen MR) is 105 cm³/mol. The summed E-state index contributed by atoms with van der Waals surface area (Å²) in [6.07, 6.45) is 3.56. The molecule has 0 atom stereocenters. The molecule has 0 unspecified atom stereocenters. The molecule has 122 valence electrons. The molecule has 1 saturated heterocycles. The second kappa shape index (κ2) is 7.57. The molecule has 2 heterocycles. The lowest BCUT2D eigenvalue weighted by molar-refractivity contribution is -0.121. The minimum absolute atomic E-state index is 0.0767. The van der Waals surface area contributed by atoms with Gasteiger partial charge in [-0.3, -0.25) is 9.69 Å². The Kier molecular flexibility index (Phi) is 5.46. The number of nitrogens with zero attached hydrogens (tertiary/aromatic N) is 2. The van der Waals surface area contributed by atoms with Crippen LogP contribution in [0.5, 0.6) is 0 Å². The number of rotatable bonds is 4. The Morgan fingerprint density at radius 1 is 1.25 bits per heavy atom. The van der Waals surface area contributed by atoms with Gasteiger partial charge >= 0.3 is 0 Å². The lowest BCUT2D eigenvalue weighted by Gasteiger charge is -2.12. The highest BCUT2D eigenvalue weighted by Crippen LogP contribution is 2.35. The minimum atomic E-state index is -0.0767. The smallest absolute Gasteiger partial charge is 0.267 e. The van der Waals surface area contributed by atoms with E-state index >= 15 is 0 Å². The molecule has 0 radical (unpaired) electrons. The highest BCUT2D eigenvalue weighted by atomic mass is 35.5.